The Morgan fingerprint density at radius 2 is 1.43 bits per heavy atom. The van der Waals surface area contributed by atoms with Crippen LogP contribution < -0.4 is 27.4 Å². The number of nitrogens with one attached hydrogen (secondary N) is 4. The molecule has 0 spiro atoms. The molecular formula is C14H24N6O8. The maximum Gasteiger partial charge on any atom is 0.326 e. The number of carboxylic acid groups (broad SMARTS) is 3. The molecule has 0 radical (unpaired) electrons. The van der Waals surface area contributed by atoms with E-state index in [4.69, 9.17) is 32.2 Å². The molecule has 0 unspecified atom stereocenters. The molecule has 158 valence electrons. The lowest BCUT2D eigenvalue weighted by molar-refractivity contribution is -0.147. The smallest absolute Gasteiger partial charge is 0.326 e. The number of carbonyl (C=O) groups is 5. The Kier molecular flexibility index (Phi) is 10.6. The van der Waals surface area contributed by atoms with Gasteiger partial charge in [-0.25, -0.2) is 4.79 Å². The second-order valence-electron chi connectivity index (χ2n) is 5.75. The Morgan fingerprint density at radius 1 is 0.893 bits per heavy atom. The van der Waals surface area contributed by atoms with Gasteiger partial charge in [-0.15, -0.1) is 0 Å². The van der Waals surface area contributed by atoms with E-state index in [-0.39, 0.29) is 25.3 Å². The number of amides is 2. The summed E-state index contributed by atoms with van der Waals surface area (Å²) in [5.74, 6) is -6.62. The zero-order valence-electron chi connectivity index (χ0n) is 14.8. The summed E-state index contributed by atoms with van der Waals surface area (Å²) in [6.07, 6.45) is -1.41. The van der Waals surface area contributed by atoms with Crippen molar-refractivity contribution in [1.82, 2.24) is 16.0 Å². The van der Waals surface area contributed by atoms with Gasteiger partial charge in [0.15, 0.2) is 5.96 Å². The van der Waals surface area contributed by atoms with Crippen molar-refractivity contribution in [2.75, 3.05) is 6.54 Å². The van der Waals surface area contributed by atoms with Gasteiger partial charge in [0.05, 0.1) is 18.9 Å². The fraction of sp³-hybridized carbons (Fsp3) is 0.571. The van der Waals surface area contributed by atoms with Crippen molar-refractivity contribution in [3.8, 4) is 0 Å². The zero-order valence-corrected chi connectivity index (χ0v) is 14.8. The van der Waals surface area contributed by atoms with E-state index in [0.29, 0.717) is 0 Å². The number of rotatable bonds is 13. The Bertz CT molecular complexity index is 625. The molecule has 0 bridgehead atoms. The Balaban J connectivity index is 5.11. The van der Waals surface area contributed by atoms with Crippen LogP contribution in [-0.4, -0.2) is 75.7 Å². The van der Waals surface area contributed by atoms with Crippen molar-refractivity contribution < 1.29 is 39.3 Å². The molecule has 0 rings (SSSR count). The van der Waals surface area contributed by atoms with Crippen LogP contribution in [0.3, 0.4) is 0 Å². The lowest BCUT2D eigenvalue weighted by Gasteiger charge is -2.22. The topological polar surface area (TPSA) is 258 Å². The van der Waals surface area contributed by atoms with Crippen molar-refractivity contribution >= 4 is 35.7 Å². The highest BCUT2D eigenvalue weighted by Crippen LogP contribution is 2.02. The largest absolute Gasteiger partial charge is 0.481 e. The minimum absolute atomic E-state index is 0.0446. The van der Waals surface area contributed by atoms with Crippen LogP contribution in [0.4, 0.5) is 0 Å². The highest BCUT2D eigenvalue weighted by Gasteiger charge is 2.29. The van der Waals surface area contributed by atoms with Crippen LogP contribution in [0.1, 0.15) is 25.7 Å². The minimum atomic E-state index is -1.73. The van der Waals surface area contributed by atoms with E-state index in [1.807, 2.05) is 5.32 Å². The maximum atomic E-state index is 12.3. The van der Waals surface area contributed by atoms with Crippen molar-refractivity contribution in [3.05, 3.63) is 0 Å². The van der Waals surface area contributed by atoms with Gasteiger partial charge >= 0.3 is 17.9 Å². The molecule has 0 saturated heterocycles. The lowest BCUT2D eigenvalue weighted by Crippen LogP contribution is -2.55. The second-order valence-corrected chi connectivity index (χ2v) is 5.75. The van der Waals surface area contributed by atoms with Crippen molar-refractivity contribution in [2.24, 2.45) is 11.5 Å². The highest BCUT2D eigenvalue weighted by molar-refractivity contribution is 5.93. The molecule has 3 atom stereocenters. The van der Waals surface area contributed by atoms with Crippen LogP contribution in [0.25, 0.3) is 0 Å². The average Bonchev–Trinajstić information content (AvgIpc) is 2.55. The predicted molar refractivity (Wildman–Crippen MR) is 93.1 cm³/mol. The summed E-state index contributed by atoms with van der Waals surface area (Å²) < 4.78 is 0. The Labute approximate surface area is 159 Å². The summed E-state index contributed by atoms with van der Waals surface area (Å²) in [7, 11) is 0. The van der Waals surface area contributed by atoms with Gasteiger partial charge in [-0.05, 0) is 12.8 Å². The van der Waals surface area contributed by atoms with Crippen molar-refractivity contribution in [1.29, 1.82) is 5.41 Å². The summed E-state index contributed by atoms with van der Waals surface area (Å²) in [6.45, 7) is 0.160. The first-order valence-corrected chi connectivity index (χ1v) is 8.04. The van der Waals surface area contributed by atoms with E-state index in [2.05, 4.69) is 10.6 Å². The number of guanidine groups is 1. The first-order valence-electron chi connectivity index (χ1n) is 8.04. The fourth-order valence-corrected chi connectivity index (χ4v) is 2.00. The monoisotopic (exact) mass is 404 g/mol. The van der Waals surface area contributed by atoms with Crippen LogP contribution in [-0.2, 0) is 24.0 Å². The van der Waals surface area contributed by atoms with E-state index < -0.39 is 60.7 Å². The molecule has 0 aromatic carbocycles. The van der Waals surface area contributed by atoms with E-state index in [0.717, 1.165) is 0 Å². The fourth-order valence-electron chi connectivity index (χ4n) is 2.00. The normalized spacial score (nSPS) is 13.5. The number of nitrogens with two attached hydrogens (primary N) is 2. The molecule has 0 aliphatic rings. The van der Waals surface area contributed by atoms with E-state index in [9.17, 15) is 24.0 Å². The number of hydrogen-bond acceptors (Lipinski definition) is 7. The molecule has 14 nitrogen and oxygen atoms in total. The van der Waals surface area contributed by atoms with Gasteiger partial charge in [-0.3, -0.25) is 24.6 Å². The number of carboxylic acids is 3. The van der Waals surface area contributed by atoms with Crippen molar-refractivity contribution in [2.45, 2.75) is 43.8 Å². The van der Waals surface area contributed by atoms with Gasteiger partial charge in [0, 0.05) is 6.54 Å². The van der Waals surface area contributed by atoms with Gasteiger partial charge in [0.1, 0.15) is 12.1 Å². The summed E-state index contributed by atoms with van der Waals surface area (Å²) in [5, 5.41) is 40.1. The van der Waals surface area contributed by atoms with Crippen LogP contribution in [0, 0.1) is 5.41 Å². The van der Waals surface area contributed by atoms with Crippen LogP contribution in [0.2, 0.25) is 0 Å². The zero-order chi connectivity index (χ0) is 21.9. The van der Waals surface area contributed by atoms with Crippen LogP contribution >= 0.6 is 0 Å². The lowest BCUT2D eigenvalue weighted by atomic mass is 10.1. The van der Waals surface area contributed by atoms with Gasteiger partial charge in [0.2, 0.25) is 11.8 Å². The molecule has 2 amide bonds. The van der Waals surface area contributed by atoms with Gasteiger partial charge in [0.25, 0.3) is 0 Å². The van der Waals surface area contributed by atoms with Crippen LogP contribution in [0.5, 0.6) is 0 Å². The average molecular weight is 404 g/mol. The molecule has 28 heavy (non-hydrogen) atoms. The van der Waals surface area contributed by atoms with Gasteiger partial charge in [-0.1, -0.05) is 0 Å². The second kappa shape index (κ2) is 12.1. The molecule has 11 N–H and O–H groups in total. The standard InChI is InChI=1S/C14H24N6O8/c15-6(4-9(21)22)11(25)19-7(2-1-3-18-14(16)17)12(26)20-8(13(27)28)5-10(23)24/h6-8H,1-5,15H2,(H,19,25)(H,20,26)(H,21,22)(H,23,24)(H,27,28)(H4,16,17,18)/t6-,7-,8-/m0/s1. The molecule has 0 aliphatic carbocycles. The molecule has 0 fully saturated rings. The van der Waals surface area contributed by atoms with Gasteiger partial charge in [-0.2, -0.15) is 0 Å². The summed E-state index contributed by atoms with van der Waals surface area (Å²) in [5.41, 5.74) is 10.5. The molecular weight excluding hydrogens is 380 g/mol. The number of aliphatic carboxylic acids is 3. The first-order chi connectivity index (χ1) is 12.9. The Morgan fingerprint density at radius 3 is 1.89 bits per heavy atom. The third-order valence-corrected chi connectivity index (χ3v) is 3.34. The van der Waals surface area contributed by atoms with Crippen LogP contribution in [0.15, 0.2) is 0 Å². The summed E-state index contributed by atoms with van der Waals surface area (Å²) in [4.78, 5) is 56.7. The molecule has 0 aliphatic heterocycles. The Hall–Kier alpha value is -3.42. The molecule has 0 aromatic rings. The number of hydrogen-bond donors (Lipinski definition) is 9. The number of carbonyl (C=O) groups excluding carboxylic acids is 2. The SMILES string of the molecule is N=C(N)NCCC[C@H](NC(=O)[C@@H](N)CC(=O)O)C(=O)N[C@@H](CC(=O)O)C(=O)O. The molecule has 0 aromatic heterocycles. The van der Waals surface area contributed by atoms with Crippen molar-refractivity contribution in [3.63, 3.8) is 0 Å². The summed E-state index contributed by atoms with van der Waals surface area (Å²) >= 11 is 0. The maximum absolute atomic E-state index is 12.3. The third kappa shape index (κ3) is 10.5. The van der Waals surface area contributed by atoms with E-state index >= 15 is 0 Å². The summed E-state index contributed by atoms with van der Waals surface area (Å²) in [6, 6.07) is -4.48. The van der Waals surface area contributed by atoms with Gasteiger partial charge < -0.3 is 42.7 Å². The minimum Gasteiger partial charge on any atom is -0.481 e. The quantitative estimate of drug-likeness (QED) is 0.0829. The predicted octanol–water partition coefficient (Wildman–Crippen LogP) is -3.42. The molecule has 0 saturated carbocycles. The molecule has 14 heteroatoms. The van der Waals surface area contributed by atoms with E-state index in [1.54, 1.807) is 0 Å². The highest BCUT2D eigenvalue weighted by atomic mass is 16.4. The van der Waals surface area contributed by atoms with E-state index in [1.165, 1.54) is 0 Å². The third-order valence-electron chi connectivity index (χ3n) is 3.34. The molecule has 0 heterocycles. The first kappa shape index (κ1) is 24.6.